The van der Waals surface area contributed by atoms with E-state index in [0.717, 1.165) is 16.3 Å². The number of benzene rings is 1. The number of hydrogen-bond acceptors (Lipinski definition) is 7. The lowest BCUT2D eigenvalue weighted by Crippen LogP contribution is -2.07. The van der Waals surface area contributed by atoms with Gasteiger partial charge >= 0.3 is 0 Å². The lowest BCUT2D eigenvalue weighted by atomic mass is 10.2. The van der Waals surface area contributed by atoms with Gasteiger partial charge in [0.15, 0.2) is 15.8 Å². The average Bonchev–Trinajstić information content (AvgIpc) is 3.06. The maximum absolute atomic E-state index is 12.0. The Morgan fingerprint density at radius 1 is 1.32 bits per heavy atom. The van der Waals surface area contributed by atoms with Crippen LogP contribution in [0.1, 0.15) is 25.8 Å². The zero-order chi connectivity index (χ0) is 18.2. The first-order valence-corrected chi connectivity index (χ1v) is 9.46. The van der Waals surface area contributed by atoms with Gasteiger partial charge in [-0.3, -0.25) is 10.1 Å². The molecule has 0 bridgehead atoms. The molecule has 134 valence electrons. The van der Waals surface area contributed by atoms with E-state index in [1.807, 2.05) is 6.07 Å². The summed E-state index contributed by atoms with van der Waals surface area (Å²) in [6.45, 7) is 4.26. The Balaban J connectivity index is 1.97. The van der Waals surface area contributed by atoms with Gasteiger partial charge < -0.3 is 9.47 Å². The highest BCUT2D eigenvalue weighted by molar-refractivity contribution is 8.01. The Kier molecular flexibility index (Phi) is 7.27. The summed E-state index contributed by atoms with van der Waals surface area (Å²) >= 11 is 3.04. The van der Waals surface area contributed by atoms with E-state index in [9.17, 15) is 4.79 Å². The fourth-order valence-corrected chi connectivity index (χ4v) is 3.84. The lowest BCUT2D eigenvalue weighted by molar-refractivity contribution is -0.111. The number of nitrogens with zero attached hydrogens (tertiary/aromatic N) is 2. The SMILES string of the molecule is CCC(C)Sc1nnc(NC(=O)/C=C/c2ccc(OC)c(OC)c2)s1. The van der Waals surface area contributed by atoms with Gasteiger partial charge in [-0.2, -0.15) is 0 Å². The van der Waals surface area contributed by atoms with Gasteiger partial charge in [-0.05, 0) is 30.2 Å². The quantitative estimate of drug-likeness (QED) is 0.423. The molecule has 1 unspecified atom stereocenters. The number of hydrogen-bond donors (Lipinski definition) is 1. The van der Waals surface area contributed by atoms with E-state index in [2.05, 4.69) is 29.4 Å². The van der Waals surface area contributed by atoms with Crippen LogP contribution in [0.2, 0.25) is 0 Å². The van der Waals surface area contributed by atoms with Gasteiger partial charge in [0.05, 0.1) is 14.2 Å². The van der Waals surface area contributed by atoms with E-state index < -0.39 is 0 Å². The third-order valence-corrected chi connectivity index (χ3v) is 5.54. The predicted octanol–water partition coefficient (Wildman–Crippen LogP) is 4.10. The summed E-state index contributed by atoms with van der Waals surface area (Å²) in [6, 6.07) is 5.44. The number of carbonyl (C=O) groups is 1. The first kappa shape index (κ1) is 19.3. The van der Waals surface area contributed by atoms with Crippen LogP contribution in [-0.2, 0) is 4.79 Å². The Labute approximate surface area is 155 Å². The van der Waals surface area contributed by atoms with Crippen LogP contribution in [0, 0.1) is 0 Å². The van der Waals surface area contributed by atoms with E-state index in [0.29, 0.717) is 21.9 Å². The van der Waals surface area contributed by atoms with Gasteiger partial charge in [-0.25, -0.2) is 0 Å². The first-order valence-electron chi connectivity index (χ1n) is 7.77. The van der Waals surface area contributed by atoms with Gasteiger partial charge in [0.25, 0.3) is 0 Å². The molecule has 0 aliphatic rings. The predicted molar refractivity (Wildman–Crippen MR) is 103 cm³/mol. The zero-order valence-corrected chi connectivity index (χ0v) is 16.2. The maximum Gasteiger partial charge on any atom is 0.250 e. The van der Waals surface area contributed by atoms with Crippen LogP contribution >= 0.6 is 23.1 Å². The molecule has 1 heterocycles. The summed E-state index contributed by atoms with van der Waals surface area (Å²) in [5.74, 6) is 0.996. The van der Waals surface area contributed by atoms with Crippen molar-refractivity contribution < 1.29 is 14.3 Å². The summed E-state index contributed by atoms with van der Waals surface area (Å²) in [5.41, 5.74) is 0.832. The van der Waals surface area contributed by atoms with Gasteiger partial charge in [0.1, 0.15) is 0 Å². The molecule has 0 radical (unpaired) electrons. The standard InChI is InChI=1S/C17H21N3O3S2/c1-5-11(2)24-17-20-19-16(25-17)18-15(21)9-7-12-6-8-13(22-3)14(10-12)23-4/h6-11H,5H2,1-4H3,(H,18,19,21)/b9-7+. The number of nitrogens with one attached hydrogen (secondary N) is 1. The number of ether oxygens (including phenoxy) is 2. The number of rotatable bonds is 8. The van der Waals surface area contributed by atoms with E-state index in [1.54, 1.807) is 44.2 Å². The van der Waals surface area contributed by atoms with Crippen LogP contribution in [0.3, 0.4) is 0 Å². The Hall–Kier alpha value is -2.06. The molecule has 6 nitrogen and oxygen atoms in total. The van der Waals surface area contributed by atoms with Crippen molar-refractivity contribution in [2.24, 2.45) is 0 Å². The topological polar surface area (TPSA) is 73.3 Å². The smallest absolute Gasteiger partial charge is 0.250 e. The van der Waals surface area contributed by atoms with Crippen molar-refractivity contribution in [2.45, 2.75) is 29.9 Å². The molecular formula is C17H21N3O3S2. The van der Waals surface area contributed by atoms with Crippen molar-refractivity contribution in [1.82, 2.24) is 10.2 Å². The molecule has 25 heavy (non-hydrogen) atoms. The summed E-state index contributed by atoms with van der Waals surface area (Å²) < 4.78 is 11.3. The number of thioether (sulfide) groups is 1. The van der Waals surface area contributed by atoms with E-state index in [4.69, 9.17) is 9.47 Å². The summed E-state index contributed by atoms with van der Waals surface area (Å²) in [4.78, 5) is 12.0. The summed E-state index contributed by atoms with van der Waals surface area (Å²) in [5, 5.41) is 11.8. The van der Waals surface area contributed by atoms with Crippen molar-refractivity contribution in [2.75, 3.05) is 19.5 Å². The molecule has 0 aliphatic heterocycles. The molecule has 0 spiro atoms. The minimum Gasteiger partial charge on any atom is -0.493 e. The molecule has 1 atom stereocenters. The number of methoxy groups -OCH3 is 2. The fraction of sp³-hybridized carbons (Fsp3) is 0.353. The zero-order valence-electron chi connectivity index (χ0n) is 14.6. The Morgan fingerprint density at radius 3 is 2.76 bits per heavy atom. The second kappa shape index (κ2) is 9.43. The van der Waals surface area contributed by atoms with E-state index in [1.165, 1.54) is 17.4 Å². The largest absolute Gasteiger partial charge is 0.493 e. The molecule has 8 heteroatoms. The Morgan fingerprint density at radius 2 is 2.08 bits per heavy atom. The van der Waals surface area contributed by atoms with Crippen LogP contribution < -0.4 is 14.8 Å². The normalized spacial score (nSPS) is 12.2. The van der Waals surface area contributed by atoms with Crippen molar-refractivity contribution >= 4 is 40.2 Å². The molecule has 1 aromatic heterocycles. The number of amides is 1. The van der Waals surface area contributed by atoms with Crippen LogP contribution in [0.15, 0.2) is 28.6 Å². The van der Waals surface area contributed by atoms with Gasteiger partial charge in [-0.15, -0.1) is 10.2 Å². The molecule has 0 saturated heterocycles. The van der Waals surface area contributed by atoms with Crippen molar-refractivity contribution in [3.63, 3.8) is 0 Å². The fourth-order valence-electron chi connectivity index (χ4n) is 1.84. The maximum atomic E-state index is 12.0. The summed E-state index contributed by atoms with van der Waals surface area (Å²) in [6.07, 6.45) is 4.21. The number of anilines is 1. The van der Waals surface area contributed by atoms with Gasteiger partial charge in [0, 0.05) is 11.3 Å². The monoisotopic (exact) mass is 379 g/mol. The van der Waals surface area contributed by atoms with Crippen LogP contribution in [0.5, 0.6) is 11.5 Å². The minimum atomic E-state index is -0.258. The van der Waals surface area contributed by atoms with Crippen molar-refractivity contribution in [1.29, 1.82) is 0 Å². The second-order valence-electron chi connectivity index (χ2n) is 5.15. The highest BCUT2D eigenvalue weighted by atomic mass is 32.2. The minimum absolute atomic E-state index is 0.258. The molecule has 0 aliphatic carbocycles. The second-order valence-corrected chi connectivity index (χ2v) is 7.81. The van der Waals surface area contributed by atoms with E-state index in [-0.39, 0.29) is 5.91 Å². The van der Waals surface area contributed by atoms with Gasteiger partial charge in [-0.1, -0.05) is 43.0 Å². The molecule has 2 aromatic rings. The molecule has 1 aromatic carbocycles. The highest BCUT2D eigenvalue weighted by Crippen LogP contribution is 2.30. The summed E-state index contributed by atoms with van der Waals surface area (Å²) in [7, 11) is 3.15. The van der Waals surface area contributed by atoms with Gasteiger partial charge in [0.2, 0.25) is 11.0 Å². The van der Waals surface area contributed by atoms with Crippen LogP contribution in [0.25, 0.3) is 6.08 Å². The number of carbonyl (C=O) groups excluding carboxylic acids is 1. The van der Waals surface area contributed by atoms with Crippen molar-refractivity contribution in [3.05, 3.63) is 29.8 Å². The number of aromatic nitrogens is 2. The van der Waals surface area contributed by atoms with Crippen LogP contribution in [-0.4, -0.2) is 35.6 Å². The third-order valence-electron chi connectivity index (χ3n) is 3.35. The molecule has 0 fully saturated rings. The van der Waals surface area contributed by atoms with E-state index >= 15 is 0 Å². The lowest BCUT2D eigenvalue weighted by Gasteiger charge is -2.07. The van der Waals surface area contributed by atoms with Crippen LogP contribution in [0.4, 0.5) is 5.13 Å². The third kappa shape index (κ3) is 5.75. The molecule has 2 rings (SSSR count). The Bertz CT molecular complexity index is 746. The highest BCUT2D eigenvalue weighted by Gasteiger charge is 2.10. The molecule has 1 amide bonds. The average molecular weight is 380 g/mol. The molecular weight excluding hydrogens is 358 g/mol. The molecule has 1 N–H and O–H groups in total. The first-order chi connectivity index (χ1) is 12.0. The molecule has 0 saturated carbocycles. The van der Waals surface area contributed by atoms with Crippen molar-refractivity contribution in [3.8, 4) is 11.5 Å².